The summed E-state index contributed by atoms with van der Waals surface area (Å²) in [6.45, 7) is 1.26. The lowest BCUT2D eigenvalue weighted by atomic mass is 10.0. The second-order valence-corrected chi connectivity index (χ2v) is 8.93. The highest BCUT2D eigenvalue weighted by atomic mass is 35.5. The van der Waals surface area contributed by atoms with Crippen molar-refractivity contribution in [2.45, 2.75) is 13.5 Å². The molecular formula is C26H16ClFN4O5. The van der Waals surface area contributed by atoms with Crippen LogP contribution in [-0.2, 0) is 6.54 Å². The van der Waals surface area contributed by atoms with Gasteiger partial charge in [0.15, 0.2) is 0 Å². The van der Waals surface area contributed by atoms with E-state index in [1.54, 1.807) is 18.2 Å². The number of carbonyl (C=O) groups excluding carboxylic acids is 1. The van der Waals surface area contributed by atoms with Crippen molar-refractivity contribution in [1.82, 2.24) is 19.3 Å². The number of halogens is 2. The van der Waals surface area contributed by atoms with Crippen LogP contribution >= 0.6 is 11.6 Å². The molecule has 2 N–H and O–H groups in total. The molecule has 0 saturated carbocycles. The summed E-state index contributed by atoms with van der Waals surface area (Å²) in [5.41, 5.74) is 0.686. The SMILES string of the molecule is CC(=O)n1ncc2cc(Cl)c(Cn3c(C(=O)O)c(-c4ccc[nH]c4=O)c4c5occc5c(F)cc43)cc21. The number of hydrogen-bond acceptors (Lipinski definition) is 5. The molecule has 11 heteroatoms. The number of hydrogen-bond donors (Lipinski definition) is 2. The third-order valence-corrected chi connectivity index (χ3v) is 6.72. The van der Waals surface area contributed by atoms with E-state index >= 15 is 4.39 Å². The second kappa shape index (κ2) is 8.17. The molecule has 6 aromatic rings. The molecule has 0 aliphatic heterocycles. The second-order valence-electron chi connectivity index (χ2n) is 8.52. The number of furan rings is 1. The standard InChI is InChI=1S/C26H16ClFN4O5/c1-12(33)32-19-8-14(17(27)7-13(19)10-30-32)11-31-20-9-18(28)15-4-6-37-24(15)22(20)21(23(31)26(35)36)16-3-2-5-29-25(16)34/h2-10H,11H2,1H3,(H,29,34)(H,35,36). The van der Waals surface area contributed by atoms with E-state index in [-0.39, 0.29) is 51.1 Å². The van der Waals surface area contributed by atoms with E-state index in [1.165, 1.54) is 53.0 Å². The average Bonchev–Trinajstić information content (AvgIpc) is 3.56. The zero-order chi connectivity index (χ0) is 26.0. The minimum atomic E-state index is -1.33. The fourth-order valence-electron chi connectivity index (χ4n) is 4.80. The number of nitrogens with one attached hydrogen (secondary N) is 1. The van der Waals surface area contributed by atoms with Crippen LogP contribution in [-0.4, -0.2) is 36.3 Å². The number of carbonyl (C=O) groups is 2. The van der Waals surface area contributed by atoms with Gasteiger partial charge in [0.25, 0.3) is 5.56 Å². The predicted molar refractivity (Wildman–Crippen MR) is 135 cm³/mol. The normalized spacial score (nSPS) is 11.6. The fourth-order valence-corrected chi connectivity index (χ4v) is 5.04. The molecule has 6 rings (SSSR count). The molecule has 0 saturated heterocycles. The van der Waals surface area contributed by atoms with Crippen molar-refractivity contribution < 1.29 is 23.5 Å². The van der Waals surface area contributed by atoms with Gasteiger partial charge in [-0.3, -0.25) is 9.59 Å². The largest absolute Gasteiger partial charge is 0.477 e. The third-order valence-electron chi connectivity index (χ3n) is 6.37. The van der Waals surface area contributed by atoms with E-state index in [0.29, 0.717) is 21.5 Å². The number of benzene rings is 2. The quantitative estimate of drug-likeness (QED) is 0.327. The van der Waals surface area contributed by atoms with E-state index in [9.17, 15) is 19.5 Å². The molecule has 0 atom stereocenters. The lowest BCUT2D eigenvalue weighted by molar-refractivity contribution is 0.0686. The molecule has 0 amide bonds. The summed E-state index contributed by atoms with van der Waals surface area (Å²) >= 11 is 6.55. The summed E-state index contributed by atoms with van der Waals surface area (Å²) in [7, 11) is 0. The van der Waals surface area contributed by atoms with E-state index in [1.807, 2.05) is 0 Å². The van der Waals surface area contributed by atoms with Crippen molar-refractivity contribution in [3.8, 4) is 11.1 Å². The highest BCUT2D eigenvalue weighted by Crippen LogP contribution is 2.40. The lowest BCUT2D eigenvalue weighted by Crippen LogP contribution is -2.14. The first kappa shape index (κ1) is 22.7. The number of pyridine rings is 1. The van der Waals surface area contributed by atoms with Gasteiger partial charge in [0.05, 0.1) is 39.8 Å². The highest BCUT2D eigenvalue weighted by Gasteiger charge is 2.29. The van der Waals surface area contributed by atoms with Crippen molar-refractivity contribution >= 4 is 56.3 Å². The molecule has 9 nitrogen and oxygen atoms in total. The van der Waals surface area contributed by atoms with Gasteiger partial charge < -0.3 is 19.1 Å². The lowest BCUT2D eigenvalue weighted by Gasteiger charge is -2.12. The summed E-state index contributed by atoms with van der Waals surface area (Å²) < 4.78 is 23.3. The molecular weight excluding hydrogens is 503 g/mol. The van der Waals surface area contributed by atoms with Crippen LogP contribution in [0.5, 0.6) is 0 Å². The van der Waals surface area contributed by atoms with Gasteiger partial charge in [0.1, 0.15) is 17.1 Å². The number of rotatable bonds is 4. The number of carboxylic acid groups (broad SMARTS) is 1. The van der Waals surface area contributed by atoms with Crippen LogP contribution in [0.4, 0.5) is 4.39 Å². The Morgan fingerprint density at radius 1 is 1.22 bits per heavy atom. The van der Waals surface area contributed by atoms with Gasteiger partial charge in [-0.2, -0.15) is 5.10 Å². The molecule has 184 valence electrons. The first-order valence-corrected chi connectivity index (χ1v) is 11.4. The Labute approximate surface area is 211 Å². The van der Waals surface area contributed by atoms with Gasteiger partial charge in [-0.1, -0.05) is 11.6 Å². The average molecular weight is 519 g/mol. The van der Waals surface area contributed by atoms with E-state index in [0.717, 1.165) is 0 Å². The molecule has 0 spiro atoms. The van der Waals surface area contributed by atoms with Gasteiger partial charge >= 0.3 is 5.97 Å². The monoisotopic (exact) mass is 518 g/mol. The van der Waals surface area contributed by atoms with Gasteiger partial charge in [-0.15, -0.1) is 0 Å². The smallest absolute Gasteiger partial charge is 0.353 e. The first-order valence-electron chi connectivity index (χ1n) is 11.1. The Kier molecular flexibility index (Phi) is 5.02. The molecule has 0 unspecified atom stereocenters. The van der Waals surface area contributed by atoms with Crippen molar-refractivity contribution in [2.75, 3.05) is 0 Å². The Morgan fingerprint density at radius 3 is 2.76 bits per heavy atom. The Bertz CT molecular complexity index is 1980. The molecule has 4 aromatic heterocycles. The summed E-state index contributed by atoms with van der Waals surface area (Å²) in [6, 6.07) is 8.98. The van der Waals surface area contributed by atoms with Crippen LogP contribution in [0.3, 0.4) is 0 Å². The maximum atomic E-state index is 15.1. The van der Waals surface area contributed by atoms with Gasteiger partial charge in [-0.25, -0.2) is 13.9 Å². The predicted octanol–water partition coefficient (Wildman–Crippen LogP) is 5.29. The summed E-state index contributed by atoms with van der Waals surface area (Å²) in [4.78, 5) is 40.1. The molecule has 4 heterocycles. The van der Waals surface area contributed by atoms with Crippen molar-refractivity contribution in [1.29, 1.82) is 0 Å². The molecule has 0 aliphatic carbocycles. The summed E-state index contributed by atoms with van der Waals surface area (Å²) in [6.07, 6.45) is 4.24. The van der Waals surface area contributed by atoms with Crippen molar-refractivity contribution in [3.05, 3.63) is 87.5 Å². The van der Waals surface area contributed by atoms with Crippen LogP contribution in [0.25, 0.3) is 43.9 Å². The molecule has 0 fully saturated rings. The number of aromatic carboxylic acids is 1. The van der Waals surface area contributed by atoms with E-state index in [2.05, 4.69) is 10.1 Å². The molecule has 0 aliphatic rings. The Morgan fingerprint density at radius 2 is 2.03 bits per heavy atom. The first-order chi connectivity index (χ1) is 17.8. The van der Waals surface area contributed by atoms with Crippen LogP contribution in [0.1, 0.15) is 27.8 Å². The number of nitrogens with zero attached hydrogens (tertiary/aromatic N) is 3. The van der Waals surface area contributed by atoms with Crippen LogP contribution in [0.15, 0.2) is 64.3 Å². The minimum absolute atomic E-state index is 0.0872. The third kappa shape index (κ3) is 3.37. The van der Waals surface area contributed by atoms with Crippen molar-refractivity contribution in [3.63, 3.8) is 0 Å². The number of H-pyrrole nitrogens is 1. The fraction of sp³-hybridized carbons (Fsp3) is 0.0769. The zero-order valence-electron chi connectivity index (χ0n) is 19.1. The number of aromatic nitrogens is 4. The topological polar surface area (TPSA) is 123 Å². The number of carboxylic acids is 1. The molecule has 2 aromatic carbocycles. The molecule has 0 radical (unpaired) electrons. The summed E-state index contributed by atoms with van der Waals surface area (Å²) in [5, 5.41) is 15.8. The van der Waals surface area contributed by atoms with Crippen LogP contribution in [0, 0.1) is 5.82 Å². The summed E-state index contributed by atoms with van der Waals surface area (Å²) in [5.74, 6) is -2.26. The Balaban J connectivity index is 1.72. The minimum Gasteiger partial charge on any atom is -0.477 e. The van der Waals surface area contributed by atoms with Crippen LogP contribution < -0.4 is 5.56 Å². The molecule has 0 bridgehead atoms. The highest BCUT2D eigenvalue weighted by molar-refractivity contribution is 6.32. The van der Waals surface area contributed by atoms with Crippen LogP contribution in [0.2, 0.25) is 5.02 Å². The van der Waals surface area contributed by atoms with Gasteiger partial charge in [0.2, 0.25) is 5.91 Å². The number of fused-ring (bicyclic) bond motifs is 4. The van der Waals surface area contributed by atoms with Gasteiger partial charge in [0, 0.05) is 35.6 Å². The number of aromatic amines is 1. The maximum Gasteiger partial charge on any atom is 0.353 e. The molecule has 37 heavy (non-hydrogen) atoms. The van der Waals surface area contributed by atoms with Crippen molar-refractivity contribution in [2.24, 2.45) is 0 Å². The van der Waals surface area contributed by atoms with E-state index in [4.69, 9.17) is 16.0 Å². The van der Waals surface area contributed by atoms with Gasteiger partial charge in [-0.05, 0) is 42.0 Å². The maximum absolute atomic E-state index is 15.1. The van der Waals surface area contributed by atoms with E-state index < -0.39 is 17.3 Å². The Hall–Kier alpha value is -4.70. The zero-order valence-corrected chi connectivity index (χ0v) is 19.8.